The van der Waals surface area contributed by atoms with Gasteiger partial charge in [-0.1, -0.05) is 0 Å². The van der Waals surface area contributed by atoms with Gasteiger partial charge in [-0.15, -0.1) is 0 Å². The van der Waals surface area contributed by atoms with Crippen LogP contribution in [0.4, 0.5) is 0 Å². The van der Waals surface area contributed by atoms with Crippen molar-refractivity contribution < 1.29 is 20.1 Å². The van der Waals surface area contributed by atoms with Crippen LogP contribution in [0.25, 0.3) is 0 Å². The molecule has 9 N–H and O–H groups in total. The lowest BCUT2D eigenvalue weighted by Crippen LogP contribution is -2.68. The van der Waals surface area contributed by atoms with E-state index < -0.39 is 11.1 Å². The molecule has 3 saturated heterocycles. The highest BCUT2D eigenvalue weighted by Crippen LogP contribution is 2.07. The third kappa shape index (κ3) is 14.3. The van der Waals surface area contributed by atoms with Crippen molar-refractivity contribution >= 4 is 35.1 Å². The van der Waals surface area contributed by atoms with Crippen molar-refractivity contribution in [1.29, 1.82) is 0 Å². The molecule has 230 valence electrons. The van der Waals surface area contributed by atoms with Crippen molar-refractivity contribution in [3.8, 4) is 0 Å². The Balaban J connectivity index is -0.00000400. The van der Waals surface area contributed by atoms with E-state index in [9.17, 15) is 14.4 Å². The summed E-state index contributed by atoms with van der Waals surface area (Å²) in [6.45, 7) is 10.6. The normalized spacial score (nSPS) is 25.4. The number of carbonyl (C=O) groups excluding carboxylic acids is 3. The smallest absolute Gasteiger partial charge is 0.220 e. The Bertz CT molecular complexity index is 785. The Hall–Kier alpha value is -2.03. The first-order valence-electron chi connectivity index (χ1n) is 14.0. The monoisotopic (exact) mass is 576 g/mol. The molecule has 0 radical (unpaired) electrons. The largest absolute Gasteiger partial charge is 0.356 e. The zero-order valence-electron chi connectivity index (χ0n) is 23.3. The minimum atomic E-state index is -0.532. The highest BCUT2D eigenvalue weighted by molar-refractivity contribution is 7.78. The van der Waals surface area contributed by atoms with Gasteiger partial charge in [0.05, 0.1) is 22.8 Å². The van der Waals surface area contributed by atoms with Crippen LogP contribution < -0.4 is 47.9 Å². The van der Waals surface area contributed by atoms with Crippen molar-refractivity contribution in [3.63, 3.8) is 0 Å². The standard InChI is InChI=1S/C25H48N10O3S.4H2/c1-21(36)34-24-14-26-8-11-29-17-25(18-30-12-9-27-15-24,19-31-13-10-28-16-24)35-23(38)5-2-4-22(37)33-7-3-6-32-20-39;;;;/h26-31H,2-19H2,1H3,(H,33,37)(H,34,36)(H,35,38);4*1H. The summed E-state index contributed by atoms with van der Waals surface area (Å²) in [5.74, 6) is -0.185. The molecule has 3 fully saturated rings. The number of rotatable bonds is 10. The molecule has 3 amide bonds. The van der Waals surface area contributed by atoms with Gasteiger partial charge in [0, 0.05) is 111 Å². The molecule has 0 aliphatic carbocycles. The number of hydrogen-bond acceptors (Lipinski definition) is 11. The number of aliphatic imine (C=N–C) groups is 1. The van der Waals surface area contributed by atoms with E-state index in [1.165, 1.54) is 0 Å². The molecular weight excluding hydrogens is 520 g/mol. The molecule has 3 aliphatic heterocycles. The molecule has 0 aromatic rings. The highest BCUT2D eigenvalue weighted by atomic mass is 32.1. The summed E-state index contributed by atoms with van der Waals surface area (Å²) in [5.41, 5.74) is -0.969. The predicted molar refractivity (Wildman–Crippen MR) is 164 cm³/mol. The average molecular weight is 577 g/mol. The molecule has 3 aliphatic rings. The molecule has 14 heteroatoms. The zero-order valence-corrected chi connectivity index (χ0v) is 24.1. The second-order valence-corrected chi connectivity index (χ2v) is 10.6. The van der Waals surface area contributed by atoms with Crippen molar-refractivity contribution in [2.24, 2.45) is 4.99 Å². The van der Waals surface area contributed by atoms with E-state index in [4.69, 9.17) is 0 Å². The van der Waals surface area contributed by atoms with Gasteiger partial charge in [0.25, 0.3) is 0 Å². The first-order chi connectivity index (χ1) is 18.9. The van der Waals surface area contributed by atoms with Crippen LogP contribution >= 0.6 is 12.2 Å². The summed E-state index contributed by atoms with van der Waals surface area (Å²) in [7, 11) is 0. The first-order valence-corrected chi connectivity index (χ1v) is 14.4. The molecule has 0 aromatic heterocycles. The molecular formula is C25H56N10O3S. The van der Waals surface area contributed by atoms with Gasteiger partial charge in [-0.05, 0) is 25.1 Å². The van der Waals surface area contributed by atoms with Crippen LogP contribution in [-0.4, -0.2) is 126 Å². The summed E-state index contributed by atoms with van der Waals surface area (Å²) in [5, 5.41) is 32.5. The number of thiocarbonyl (C=S) groups is 1. The van der Waals surface area contributed by atoms with Crippen LogP contribution in [0.3, 0.4) is 0 Å². The Labute approximate surface area is 243 Å². The number of isothiocyanates is 1. The average Bonchev–Trinajstić information content (AvgIpc) is 2.89. The second-order valence-electron chi connectivity index (χ2n) is 10.4. The maximum Gasteiger partial charge on any atom is 0.220 e. The zero-order chi connectivity index (χ0) is 28.2. The maximum atomic E-state index is 13.0. The summed E-state index contributed by atoms with van der Waals surface area (Å²) in [6, 6.07) is 0. The van der Waals surface area contributed by atoms with E-state index in [1.54, 1.807) is 6.92 Å². The van der Waals surface area contributed by atoms with Crippen LogP contribution in [0, 0.1) is 0 Å². The minimum absolute atomic E-state index is 0. The highest BCUT2D eigenvalue weighted by Gasteiger charge is 2.33. The van der Waals surface area contributed by atoms with Crippen molar-refractivity contribution in [2.75, 3.05) is 91.6 Å². The molecule has 3 rings (SSSR count). The lowest BCUT2D eigenvalue weighted by atomic mass is 9.97. The van der Waals surface area contributed by atoms with Gasteiger partial charge >= 0.3 is 0 Å². The van der Waals surface area contributed by atoms with Crippen LogP contribution in [0.15, 0.2) is 4.99 Å². The third-order valence-corrected chi connectivity index (χ3v) is 6.83. The van der Waals surface area contributed by atoms with Gasteiger partial charge in [-0.2, -0.15) is 0 Å². The van der Waals surface area contributed by atoms with Crippen molar-refractivity contribution in [2.45, 2.75) is 43.7 Å². The Morgan fingerprint density at radius 1 is 0.744 bits per heavy atom. The Kier molecular flexibility index (Phi) is 16.3. The summed E-state index contributed by atoms with van der Waals surface area (Å²) in [4.78, 5) is 40.9. The van der Waals surface area contributed by atoms with Crippen LogP contribution in [0.2, 0.25) is 0 Å². The summed E-state index contributed by atoms with van der Waals surface area (Å²) in [6.07, 6.45) is 1.77. The Morgan fingerprint density at radius 3 is 1.62 bits per heavy atom. The molecule has 0 aromatic carbocycles. The molecule has 0 unspecified atom stereocenters. The number of amides is 3. The van der Waals surface area contributed by atoms with Crippen LogP contribution in [-0.2, 0) is 14.4 Å². The topological polar surface area (TPSA) is 172 Å². The van der Waals surface area contributed by atoms with Crippen LogP contribution in [0.5, 0.6) is 0 Å². The second kappa shape index (κ2) is 19.1. The van der Waals surface area contributed by atoms with Gasteiger partial charge in [-0.25, -0.2) is 4.99 Å². The maximum absolute atomic E-state index is 13.0. The van der Waals surface area contributed by atoms with Gasteiger partial charge < -0.3 is 47.9 Å². The van der Waals surface area contributed by atoms with Crippen molar-refractivity contribution in [1.82, 2.24) is 47.9 Å². The van der Waals surface area contributed by atoms with E-state index in [0.29, 0.717) is 91.3 Å². The SMILES string of the molecule is CC(=O)NC12CNCCNCC(NC(=O)CCCC(=O)NCCCN=C=S)(CNCCNC1)CNCCNC2.[HH].[HH].[HH].[HH]. The van der Waals surface area contributed by atoms with Crippen LogP contribution in [0.1, 0.15) is 38.3 Å². The van der Waals surface area contributed by atoms with E-state index in [0.717, 1.165) is 19.6 Å². The lowest BCUT2D eigenvalue weighted by Gasteiger charge is -2.38. The molecule has 0 atom stereocenters. The number of nitrogens with zero attached hydrogens (tertiary/aromatic N) is 1. The summed E-state index contributed by atoms with van der Waals surface area (Å²) < 4.78 is 0. The predicted octanol–water partition coefficient (Wildman–Crippen LogP) is -1.96. The van der Waals surface area contributed by atoms with Gasteiger partial charge in [0.1, 0.15) is 0 Å². The molecule has 2 bridgehead atoms. The molecule has 39 heavy (non-hydrogen) atoms. The van der Waals surface area contributed by atoms with E-state index in [-0.39, 0.29) is 29.8 Å². The number of hydrogen-bond donors (Lipinski definition) is 9. The lowest BCUT2D eigenvalue weighted by molar-refractivity contribution is -0.124. The quantitative estimate of drug-likeness (QED) is 0.0808. The Morgan fingerprint density at radius 2 is 1.18 bits per heavy atom. The molecule has 0 spiro atoms. The van der Waals surface area contributed by atoms with E-state index >= 15 is 0 Å². The fourth-order valence-corrected chi connectivity index (χ4v) is 4.89. The molecule has 0 saturated carbocycles. The number of carbonyl (C=O) groups is 3. The van der Waals surface area contributed by atoms with E-state index in [2.05, 4.69) is 70.2 Å². The molecule has 3 heterocycles. The molecule has 13 nitrogen and oxygen atoms in total. The third-order valence-electron chi connectivity index (χ3n) is 6.70. The van der Waals surface area contributed by atoms with Gasteiger partial charge in [0.15, 0.2) is 0 Å². The van der Waals surface area contributed by atoms with Gasteiger partial charge in [-0.3, -0.25) is 14.4 Å². The minimum Gasteiger partial charge on any atom is -0.356 e. The number of fused-ring (bicyclic) bond motifs is 15. The first kappa shape index (κ1) is 33.2. The fraction of sp³-hybridized carbons (Fsp3) is 0.840. The van der Waals surface area contributed by atoms with Crippen molar-refractivity contribution in [3.05, 3.63) is 0 Å². The fourth-order valence-electron chi connectivity index (χ4n) is 4.80. The van der Waals surface area contributed by atoms with E-state index in [1.807, 2.05) is 0 Å². The summed E-state index contributed by atoms with van der Waals surface area (Å²) >= 11 is 4.53. The van der Waals surface area contributed by atoms with Gasteiger partial charge in [0.2, 0.25) is 17.7 Å². The number of nitrogens with one attached hydrogen (secondary N) is 9.